The Morgan fingerprint density at radius 3 is 2.59 bits per heavy atom. The van der Waals surface area contributed by atoms with Gasteiger partial charge in [0.1, 0.15) is 5.76 Å². The van der Waals surface area contributed by atoms with Crippen molar-refractivity contribution >= 4 is 16.7 Å². The number of carbonyl (C=O) groups excluding carboxylic acids is 1. The van der Waals surface area contributed by atoms with Crippen molar-refractivity contribution in [1.29, 1.82) is 0 Å². The molecule has 1 aromatic carbocycles. The molecule has 0 saturated heterocycles. The Morgan fingerprint density at radius 1 is 1.22 bits per heavy atom. The fraction of sp³-hybridized carbons (Fsp3) is 0.350. The van der Waals surface area contributed by atoms with Gasteiger partial charge in [-0.1, -0.05) is 18.2 Å². The first-order chi connectivity index (χ1) is 13.0. The van der Waals surface area contributed by atoms with Gasteiger partial charge in [0.2, 0.25) is 0 Å². The van der Waals surface area contributed by atoms with Crippen LogP contribution in [0.2, 0.25) is 0 Å². The Bertz CT molecular complexity index is 977. The molecule has 0 aliphatic rings. The number of nitrogens with zero attached hydrogens (tertiary/aromatic N) is 3. The number of benzene rings is 1. The smallest absolute Gasteiger partial charge is 0.275 e. The fourth-order valence-corrected chi connectivity index (χ4v) is 2.91. The molecule has 0 radical (unpaired) electrons. The molecular weight excluding hydrogens is 346 g/mol. The summed E-state index contributed by atoms with van der Waals surface area (Å²) >= 11 is 0. The van der Waals surface area contributed by atoms with Crippen LogP contribution in [0.25, 0.3) is 10.8 Å². The quantitative estimate of drug-likeness (QED) is 0.640. The number of hydrogen-bond donors (Lipinski definition) is 0. The summed E-state index contributed by atoms with van der Waals surface area (Å²) in [6.07, 6.45) is 1.57. The van der Waals surface area contributed by atoms with Crippen molar-refractivity contribution in [3.05, 3.63) is 64.5 Å². The van der Waals surface area contributed by atoms with Gasteiger partial charge in [0.25, 0.3) is 11.5 Å². The van der Waals surface area contributed by atoms with Crippen molar-refractivity contribution in [2.45, 2.75) is 26.4 Å². The number of rotatable bonds is 7. The minimum Gasteiger partial charge on any atom is -0.467 e. The zero-order valence-corrected chi connectivity index (χ0v) is 15.7. The van der Waals surface area contributed by atoms with Gasteiger partial charge in [0, 0.05) is 19.0 Å². The molecule has 1 amide bonds. The van der Waals surface area contributed by atoms with E-state index in [9.17, 15) is 9.59 Å². The summed E-state index contributed by atoms with van der Waals surface area (Å²) < 4.78 is 11.9. The van der Waals surface area contributed by atoms with Crippen LogP contribution in [-0.2, 0) is 11.3 Å². The number of aromatic nitrogens is 2. The van der Waals surface area contributed by atoms with Crippen LogP contribution in [0, 0.1) is 0 Å². The third-order valence-electron chi connectivity index (χ3n) is 4.30. The molecule has 142 valence electrons. The third-order valence-corrected chi connectivity index (χ3v) is 4.30. The lowest BCUT2D eigenvalue weighted by Gasteiger charge is -2.22. The van der Waals surface area contributed by atoms with E-state index in [2.05, 4.69) is 5.10 Å². The lowest BCUT2D eigenvalue weighted by Crippen LogP contribution is -2.36. The predicted octanol–water partition coefficient (Wildman–Crippen LogP) is 2.86. The van der Waals surface area contributed by atoms with Crippen LogP contribution in [-0.4, -0.2) is 40.8 Å². The van der Waals surface area contributed by atoms with Gasteiger partial charge in [-0.05, 0) is 32.0 Å². The molecule has 3 rings (SSSR count). The molecule has 0 atom stereocenters. The highest BCUT2D eigenvalue weighted by Crippen LogP contribution is 2.18. The van der Waals surface area contributed by atoms with Crippen LogP contribution in [0.4, 0.5) is 0 Å². The van der Waals surface area contributed by atoms with Crippen LogP contribution in [0.15, 0.2) is 51.9 Å². The first-order valence-corrected chi connectivity index (χ1v) is 8.85. The molecule has 0 saturated carbocycles. The van der Waals surface area contributed by atoms with Crippen LogP contribution in [0.3, 0.4) is 0 Å². The molecule has 7 heteroatoms. The minimum absolute atomic E-state index is 0.161. The Labute approximate surface area is 157 Å². The molecule has 7 nitrogen and oxygen atoms in total. The lowest BCUT2D eigenvalue weighted by molar-refractivity contribution is 0.0660. The van der Waals surface area contributed by atoms with E-state index in [0.717, 1.165) is 0 Å². The minimum atomic E-state index is -0.269. The Kier molecular flexibility index (Phi) is 5.71. The largest absolute Gasteiger partial charge is 0.467 e. The maximum Gasteiger partial charge on any atom is 0.275 e. The molecule has 27 heavy (non-hydrogen) atoms. The second-order valence-electron chi connectivity index (χ2n) is 6.54. The van der Waals surface area contributed by atoms with Gasteiger partial charge >= 0.3 is 0 Å². The second-order valence-corrected chi connectivity index (χ2v) is 6.54. The maximum atomic E-state index is 13.3. The predicted molar refractivity (Wildman–Crippen MR) is 102 cm³/mol. The molecule has 0 N–H and O–H groups in total. The Morgan fingerprint density at radius 2 is 1.96 bits per heavy atom. The van der Waals surface area contributed by atoms with E-state index in [1.807, 2.05) is 19.9 Å². The number of furan rings is 1. The number of hydrogen-bond acceptors (Lipinski definition) is 5. The van der Waals surface area contributed by atoms with Crippen molar-refractivity contribution in [2.75, 3.05) is 20.3 Å². The summed E-state index contributed by atoms with van der Waals surface area (Å²) in [5.74, 6) is 0.398. The Hall–Kier alpha value is -2.93. The summed E-state index contributed by atoms with van der Waals surface area (Å²) in [6, 6.07) is 10.5. The highest BCUT2D eigenvalue weighted by atomic mass is 16.5. The number of amides is 1. The van der Waals surface area contributed by atoms with Crippen molar-refractivity contribution < 1.29 is 13.9 Å². The van der Waals surface area contributed by atoms with Gasteiger partial charge in [-0.3, -0.25) is 9.59 Å². The van der Waals surface area contributed by atoms with Crippen LogP contribution < -0.4 is 5.56 Å². The van der Waals surface area contributed by atoms with Crippen molar-refractivity contribution in [2.24, 2.45) is 0 Å². The highest BCUT2D eigenvalue weighted by Gasteiger charge is 2.23. The standard InChI is InChI=1S/C20H23N3O4/c1-14(2)23-19(24)17-9-5-4-8-16(17)18(21-23)20(25)22(10-12-26-3)13-15-7-6-11-27-15/h4-9,11,14H,10,12-13H2,1-3H3. The topological polar surface area (TPSA) is 77.6 Å². The van der Waals surface area contributed by atoms with Gasteiger partial charge in [0.05, 0.1) is 30.8 Å². The summed E-state index contributed by atoms with van der Waals surface area (Å²) in [5, 5.41) is 5.43. The SMILES string of the molecule is COCCN(Cc1ccco1)C(=O)c1nn(C(C)C)c(=O)c2ccccc12. The maximum absolute atomic E-state index is 13.3. The van der Waals surface area contributed by atoms with Crippen LogP contribution in [0.1, 0.15) is 36.1 Å². The lowest BCUT2D eigenvalue weighted by atomic mass is 10.1. The van der Waals surface area contributed by atoms with Gasteiger partial charge in [-0.15, -0.1) is 0 Å². The van der Waals surface area contributed by atoms with E-state index in [-0.39, 0.29) is 23.2 Å². The average molecular weight is 369 g/mol. The van der Waals surface area contributed by atoms with E-state index >= 15 is 0 Å². The molecule has 3 aromatic rings. The summed E-state index contributed by atoms with van der Waals surface area (Å²) in [7, 11) is 1.59. The van der Waals surface area contributed by atoms with E-state index < -0.39 is 0 Å². The molecule has 0 fully saturated rings. The van der Waals surface area contributed by atoms with Crippen molar-refractivity contribution in [1.82, 2.24) is 14.7 Å². The average Bonchev–Trinajstić information content (AvgIpc) is 3.18. The molecular formula is C20H23N3O4. The number of fused-ring (bicyclic) bond motifs is 1. The van der Waals surface area contributed by atoms with Crippen LogP contribution >= 0.6 is 0 Å². The third kappa shape index (κ3) is 3.93. The first-order valence-electron chi connectivity index (χ1n) is 8.85. The van der Waals surface area contributed by atoms with Gasteiger partial charge in [-0.25, -0.2) is 4.68 Å². The molecule has 0 aliphatic carbocycles. The van der Waals surface area contributed by atoms with Crippen molar-refractivity contribution in [3.8, 4) is 0 Å². The normalized spacial score (nSPS) is 11.3. The van der Waals surface area contributed by atoms with E-state index in [1.54, 1.807) is 48.6 Å². The van der Waals surface area contributed by atoms with Gasteiger partial charge in [-0.2, -0.15) is 5.10 Å². The Balaban J connectivity index is 2.08. The molecule has 0 spiro atoms. The van der Waals surface area contributed by atoms with E-state index in [4.69, 9.17) is 9.15 Å². The summed E-state index contributed by atoms with van der Waals surface area (Å²) in [5.41, 5.74) is 0.0492. The summed E-state index contributed by atoms with van der Waals surface area (Å²) in [6.45, 7) is 4.79. The zero-order chi connectivity index (χ0) is 19.4. The van der Waals surface area contributed by atoms with E-state index in [0.29, 0.717) is 36.2 Å². The monoisotopic (exact) mass is 369 g/mol. The molecule has 0 aliphatic heterocycles. The zero-order valence-electron chi connectivity index (χ0n) is 15.7. The van der Waals surface area contributed by atoms with Gasteiger partial charge < -0.3 is 14.1 Å². The van der Waals surface area contributed by atoms with E-state index in [1.165, 1.54) is 4.68 Å². The number of ether oxygens (including phenoxy) is 1. The van der Waals surface area contributed by atoms with Crippen LogP contribution in [0.5, 0.6) is 0 Å². The highest BCUT2D eigenvalue weighted by molar-refractivity contribution is 6.04. The molecule has 2 heterocycles. The molecule has 0 bridgehead atoms. The molecule has 2 aromatic heterocycles. The van der Waals surface area contributed by atoms with Gasteiger partial charge in [0.15, 0.2) is 5.69 Å². The number of methoxy groups -OCH3 is 1. The summed E-state index contributed by atoms with van der Waals surface area (Å²) in [4.78, 5) is 27.6. The molecule has 0 unspecified atom stereocenters. The first kappa shape index (κ1) is 18.8. The van der Waals surface area contributed by atoms with Crippen molar-refractivity contribution in [3.63, 3.8) is 0 Å². The second kappa shape index (κ2) is 8.18. The fourth-order valence-electron chi connectivity index (χ4n) is 2.91. The number of carbonyl (C=O) groups is 1.